The van der Waals surface area contributed by atoms with Crippen LogP contribution in [0.3, 0.4) is 0 Å². The topological polar surface area (TPSA) is 114 Å². The zero-order valence-corrected chi connectivity index (χ0v) is 19.0. The Bertz CT molecular complexity index is 1140. The molecule has 0 atom stereocenters. The third-order valence-electron chi connectivity index (χ3n) is 5.21. The van der Waals surface area contributed by atoms with E-state index in [2.05, 4.69) is 15.0 Å². The van der Waals surface area contributed by atoms with Crippen LogP contribution in [0.5, 0.6) is 0 Å². The molecule has 0 aromatic heterocycles. The highest BCUT2D eigenvalue weighted by Gasteiger charge is 2.18. The number of amidine groups is 1. The maximum atomic E-state index is 12.7. The van der Waals surface area contributed by atoms with Gasteiger partial charge in [-0.25, -0.2) is 13.2 Å². The van der Waals surface area contributed by atoms with E-state index >= 15 is 0 Å². The lowest BCUT2D eigenvalue weighted by Crippen LogP contribution is -2.30. The van der Waals surface area contributed by atoms with Gasteiger partial charge in [-0.3, -0.25) is 14.5 Å². The van der Waals surface area contributed by atoms with Crippen molar-refractivity contribution in [3.05, 3.63) is 59.2 Å². The molecule has 0 fully saturated rings. The van der Waals surface area contributed by atoms with Crippen LogP contribution >= 0.6 is 0 Å². The van der Waals surface area contributed by atoms with Crippen molar-refractivity contribution >= 4 is 33.4 Å². The molecule has 1 amide bonds. The molecule has 1 aliphatic rings. The average Bonchev–Trinajstić information content (AvgIpc) is 3.02. The van der Waals surface area contributed by atoms with E-state index in [1.807, 2.05) is 19.9 Å². The number of anilines is 1. The molecule has 0 bridgehead atoms. The van der Waals surface area contributed by atoms with Gasteiger partial charge in [0.05, 0.1) is 10.5 Å². The van der Waals surface area contributed by atoms with Crippen LogP contribution in [-0.2, 0) is 19.6 Å². The van der Waals surface area contributed by atoms with Crippen LogP contribution in [0.15, 0.2) is 52.4 Å². The molecular weight excluding hydrogens is 430 g/mol. The van der Waals surface area contributed by atoms with E-state index in [1.54, 1.807) is 18.2 Å². The second-order valence-electron chi connectivity index (χ2n) is 7.64. The summed E-state index contributed by atoms with van der Waals surface area (Å²) in [6.07, 6.45) is 3.44. The first-order chi connectivity index (χ1) is 15.3. The molecule has 0 saturated carbocycles. The highest BCUT2D eigenvalue weighted by atomic mass is 32.2. The number of hydrogen-bond donors (Lipinski definition) is 2. The predicted octanol–water partition coefficient (Wildman–Crippen LogP) is 3.35. The van der Waals surface area contributed by atoms with Gasteiger partial charge in [0.1, 0.15) is 5.84 Å². The lowest BCUT2D eigenvalue weighted by atomic mass is 10.0. The summed E-state index contributed by atoms with van der Waals surface area (Å²) < 4.78 is 33.1. The molecule has 2 N–H and O–H groups in total. The van der Waals surface area contributed by atoms with E-state index < -0.39 is 28.5 Å². The quantitative estimate of drug-likeness (QED) is 0.646. The Labute approximate surface area is 188 Å². The largest absolute Gasteiger partial charge is 0.452 e. The van der Waals surface area contributed by atoms with Crippen molar-refractivity contribution in [2.75, 3.05) is 18.5 Å². The fourth-order valence-electron chi connectivity index (χ4n) is 3.29. The zero-order chi connectivity index (χ0) is 23.1. The number of amides is 1. The molecule has 2 aromatic rings. The predicted molar refractivity (Wildman–Crippen MR) is 122 cm³/mol. The smallest absolute Gasteiger partial charge is 0.338 e. The molecule has 32 heavy (non-hydrogen) atoms. The van der Waals surface area contributed by atoms with Crippen LogP contribution in [0.2, 0.25) is 0 Å². The van der Waals surface area contributed by atoms with Gasteiger partial charge in [-0.2, -0.15) is 0 Å². The number of benzene rings is 2. The highest BCUT2D eigenvalue weighted by Crippen LogP contribution is 2.17. The molecule has 1 aliphatic heterocycles. The summed E-state index contributed by atoms with van der Waals surface area (Å²) in [5, 5.41) is 2.56. The fourth-order valence-corrected chi connectivity index (χ4v) is 4.43. The number of hydrogen-bond acceptors (Lipinski definition) is 6. The minimum Gasteiger partial charge on any atom is -0.452 e. The Morgan fingerprint density at radius 1 is 1.06 bits per heavy atom. The van der Waals surface area contributed by atoms with E-state index in [0.29, 0.717) is 24.4 Å². The van der Waals surface area contributed by atoms with Gasteiger partial charge >= 0.3 is 5.97 Å². The van der Waals surface area contributed by atoms with Crippen LogP contribution in [0.1, 0.15) is 47.2 Å². The molecule has 0 aliphatic carbocycles. The summed E-state index contributed by atoms with van der Waals surface area (Å²) in [7, 11) is -3.82. The number of nitrogens with one attached hydrogen (secondary N) is 2. The third-order valence-corrected chi connectivity index (χ3v) is 6.59. The Morgan fingerprint density at radius 2 is 1.84 bits per heavy atom. The second kappa shape index (κ2) is 10.4. The summed E-state index contributed by atoms with van der Waals surface area (Å²) in [6, 6.07) is 11.2. The fraction of sp³-hybridized carbons (Fsp3) is 0.348. The van der Waals surface area contributed by atoms with Gasteiger partial charge in [0.25, 0.3) is 15.9 Å². The number of carbonyl (C=O) groups excluding carboxylic acids is 2. The first kappa shape index (κ1) is 23.5. The minimum absolute atomic E-state index is 0.00891. The molecule has 2 aromatic carbocycles. The Hall–Kier alpha value is -3.20. The van der Waals surface area contributed by atoms with Crippen molar-refractivity contribution in [3.63, 3.8) is 0 Å². The number of aryl methyl sites for hydroxylation is 1. The van der Waals surface area contributed by atoms with E-state index in [0.717, 1.165) is 30.4 Å². The molecule has 0 radical (unpaired) electrons. The number of ether oxygens (including phenoxy) is 1. The standard InChI is InChI=1S/C23H27N3O5S/c1-16-8-6-11-20(17(16)2)23(28)31-15-22(27)25-18-9-7-10-19(14-18)32(29,30)26-21-12-4-3-5-13-24-21/h6-11,14H,3-5,12-13,15H2,1-2H3,(H,24,26)(H,25,27). The van der Waals surface area contributed by atoms with Crippen molar-refractivity contribution < 1.29 is 22.7 Å². The summed E-state index contributed by atoms with van der Waals surface area (Å²) in [5.74, 6) is -0.708. The molecule has 9 heteroatoms. The molecular formula is C23H27N3O5S. The number of esters is 1. The van der Waals surface area contributed by atoms with Crippen molar-refractivity contribution in [3.8, 4) is 0 Å². The monoisotopic (exact) mass is 457 g/mol. The van der Waals surface area contributed by atoms with Crippen LogP contribution in [-0.4, -0.2) is 39.3 Å². The molecule has 0 saturated heterocycles. The summed E-state index contributed by atoms with van der Waals surface area (Å²) in [6.45, 7) is 3.82. The lowest BCUT2D eigenvalue weighted by Gasteiger charge is -2.12. The average molecular weight is 458 g/mol. The summed E-state index contributed by atoms with van der Waals surface area (Å²) in [4.78, 5) is 28.8. The van der Waals surface area contributed by atoms with Crippen molar-refractivity contribution in [1.82, 2.24) is 4.72 Å². The van der Waals surface area contributed by atoms with Crippen LogP contribution in [0.25, 0.3) is 0 Å². The van der Waals surface area contributed by atoms with Crippen LogP contribution < -0.4 is 10.0 Å². The van der Waals surface area contributed by atoms with Gasteiger partial charge < -0.3 is 10.1 Å². The van der Waals surface area contributed by atoms with E-state index in [-0.39, 0.29) is 10.6 Å². The van der Waals surface area contributed by atoms with Crippen LogP contribution in [0.4, 0.5) is 5.69 Å². The van der Waals surface area contributed by atoms with Gasteiger partial charge in [-0.1, -0.05) is 24.6 Å². The van der Waals surface area contributed by atoms with Crippen LogP contribution in [0, 0.1) is 13.8 Å². The zero-order valence-electron chi connectivity index (χ0n) is 18.2. The van der Waals surface area contributed by atoms with Gasteiger partial charge in [0.15, 0.2) is 6.61 Å². The normalized spacial score (nSPS) is 14.1. The Balaban J connectivity index is 1.61. The maximum Gasteiger partial charge on any atom is 0.338 e. The summed E-state index contributed by atoms with van der Waals surface area (Å²) >= 11 is 0. The second-order valence-corrected chi connectivity index (χ2v) is 9.33. The number of nitrogens with zero attached hydrogens (tertiary/aromatic N) is 1. The SMILES string of the molecule is Cc1cccc(C(=O)OCC(=O)Nc2cccc(S(=O)(=O)NC3=NCCCCC3)c2)c1C. The lowest BCUT2D eigenvalue weighted by molar-refractivity contribution is -0.119. The van der Waals surface area contributed by atoms with E-state index in [4.69, 9.17) is 4.74 Å². The van der Waals surface area contributed by atoms with E-state index in [1.165, 1.54) is 18.2 Å². The molecule has 0 spiro atoms. The minimum atomic E-state index is -3.82. The number of carbonyl (C=O) groups is 2. The van der Waals surface area contributed by atoms with Gasteiger partial charge in [-0.05, 0) is 62.1 Å². The number of sulfonamides is 1. The van der Waals surface area contributed by atoms with Crippen molar-refractivity contribution in [1.29, 1.82) is 0 Å². The molecule has 1 heterocycles. The molecule has 8 nitrogen and oxygen atoms in total. The summed E-state index contributed by atoms with van der Waals surface area (Å²) in [5.41, 5.74) is 2.42. The van der Waals surface area contributed by atoms with Gasteiger partial charge in [0.2, 0.25) is 0 Å². The van der Waals surface area contributed by atoms with E-state index in [9.17, 15) is 18.0 Å². The Morgan fingerprint density at radius 3 is 2.66 bits per heavy atom. The first-order valence-corrected chi connectivity index (χ1v) is 11.9. The maximum absolute atomic E-state index is 12.7. The molecule has 0 unspecified atom stereocenters. The number of rotatable bonds is 6. The first-order valence-electron chi connectivity index (χ1n) is 10.5. The molecule has 170 valence electrons. The molecule has 3 rings (SSSR count). The van der Waals surface area contributed by atoms with Crippen molar-refractivity contribution in [2.24, 2.45) is 4.99 Å². The van der Waals surface area contributed by atoms with Gasteiger partial charge in [-0.15, -0.1) is 0 Å². The number of aliphatic imine (C=N–C) groups is 1. The highest BCUT2D eigenvalue weighted by molar-refractivity contribution is 7.90. The Kier molecular flexibility index (Phi) is 7.63. The third kappa shape index (κ3) is 6.16. The van der Waals surface area contributed by atoms with Crippen molar-refractivity contribution in [2.45, 2.75) is 44.4 Å². The van der Waals surface area contributed by atoms with Gasteiger partial charge in [0, 0.05) is 18.7 Å².